The molecule has 1 atom stereocenters. The third-order valence-corrected chi connectivity index (χ3v) is 5.16. The second-order valence-electron chi connectivity index (χ2n) is 7.00. The number of aromatic nitrogens is 2. The molecule has 0 fully saturated rings. The van der Waals surface area contributed by atoms with Crippen molar-refractivity contribution in [3.8, 4) is 5.75 Å². The average molecular weight is 361 g/mol. The fraction of sp³-hybridized carbons (Fsp3) is 0.273. The molecule has 0 saturated carbocycles. The van der Waals surface area contributed by atoms with Crippen LogP contribution in [0.1, 0.15) is 28.2 Å². The quantitative estimate of drug-likeness (QED) is 0.717. The van der Waals surface area contributed by atoms with E-state index >= 15 is 0 Å². The molecule has 0 aliphatic carbocycles. The van der Waals surface area contributed by atoms with Gasteiger partial charge in [-0.15, -0.1) is 0 Å². The first kappa shape index (κ1) is 17.3. The second-order valence-corrected chi connectivity index (χ2v) is 7.00. The monoisotopic (exact) mass is 361 g/mol. The number of methoxy groups -OCH3 is 1. The van der Waals surface area contributed by atoms with Crippen LogP contribution in [0.4, 0.5) is 0 Å². The predicted molar refractivity (Wildman–Crippen MR) is 104 cm³/mol. The fourth-order valence-corrected chi connectivity index (χ4v) is 3.77. The fourth-order valence-electron chi connectivity index (χ4n) is 3.77. The number of hydrogen-bond acceptors (Lipinski definition) is 3. The Balaban J connectivity index is 1.59. The van der Waals surface area contributed by atoms with E-state index < -0.39 is 0 Å². The first-order valence-electron chi connectivity index (χ1n) is 9.11. The zero-order valence-electron chi connectivity index (χ0n) is 15.6. The van der Waals surface area contributed by atoms with Crippen LogP contribution in [0.3, 0.4) is 0 Å². The molecular formula is C22H23N3O2. The van der Waals surface area contributed by atoms with Crippen molar-refractivity contribution in [1.82, 2.24) is 14.7 Å². The van der Waals surface area contributed by atoms with Gasteiger partial charge in [-0.2, -0.15) is 5.10 Å². The van der Waals surface area contributed by atoms with Crippen molar-refractivity contribution in [3.05, 3.63) is 83.2 Å². The van der Waals surface area contributed by atoms with Gasteiger partial charge in [-0.1, -0.05) is 36.4 Å². The Kier molecular flexibility index (Phi) is 4.67. The van der Waals surface area contributed by atoms with E-state index in [1.807, 2.05) is 59.4 Å². The van der Waals surface area contributed by atoms with Crippen LogP contribution in [-0.2, 0) is 24.8 Å². The number of carbonyl (C=O) groups excluding carboxylic acids is 1. The largest absolute Gasteiger partial charge is 0.497 e. The topological polar surface area (TPSA) is 47.4 Å². The summed E-state index contributed by atoms with van der Waals surface area (Å²) in [6.45, 7) is 1.32. The zero-order chi connectivity index (χ0) is 18.8. The molecule has 0 bridgehead atoms. The van der Waals surface area contributed by atoms with E-state index in [1.165, 1.54) is 11.1 Å². The molecule has 27 heavy (non-hydrogen) atoms. The number of benzene rings is 2. The molecule has 0 N–H and O–H groups in total. The first-order valence-corrected chi connectivity index (χ1v) is 9.11. The van der Waals surface area contributed by atoms with Crippen LogP contribution in [0.15, 0.2) is 60.9 Å². The third-order valence-electron chi connectivity index (χ3n) is 5.16. The summed E-state index contributed by atoms with van der Waals surface area (Å²) < 4.78 is 7.09. The summed E-state index contributed by atoms with van der Waals surface area (Å²) in [5.41, 5.74) is 4.60. The maximum absolute atomic E-state index is 13.0. The molecule has 138 valence electrons. The van der Waals surface area contributed by atoms with E-state index in [1.54, 1.807) is 7.11 Å². The number of fused-ring (bicyclic) bond motifs is 1. The lowest BCUT2D eigenvalue weighted by Gasteiger charge is -2.34. The molecule has 1 aliphatic rings. The Labute approximate surface area is 159 Å². The third kappa shape index (κ3) is 3.58. The molecule has 0 radical (unpaired) electrons. The number of ether oxygens (including phenoxy) is 1. The van der Waals surface area contributed by atoms with Crippen LogP contribution in [0.25, 0.3) is 0 Å². The normalized spacial score (nSPS) is 16.1. The molecule has 3 aromatic rings. The molecule has 0 saturated heterocycles. The highest BCUT2D eigenvalue weighted by Gasteiger charge is 2.29. The number of carbonyl (C=O) groups is 1. The Morgan fingerprint density at radius 3 is 2.85 bits per heavy atom. The molecule has 1 unspecified atom stereocenters. The molecule has 4 rings (SSSR count). The molecule has 0 spiro atoms. The SMILES string of the molecule is COc1cccc(CC(=O)N2Cc3ccccc3C(c3cnn(C)c3)C2)c1. The Hall–Kier alpha value is -3.08. The summed E-state index contributed by atoms with van der Waals surface area (Å²) in [6, 6.07) is 16.1. The highest BCUT2D eigenvalue weighted by Crippen LogP contribution is 2.33. The molecule has 5 heteroatoms. The van der Waals surface area contributed by atoms with Gasteiger partial charge in [-0.05, 0) is 34.4 Å². The standard InChI is InChI=1S/C22H23N3O2/c1-24-13-18(12-23-24)21-15-25(14-17-7-3-4-9-20(17)21)22(26)11-16-6-5-8-19(10-16)27-2/h3-10,12-13,21H,11,14-15H2,1-2H3. The van der Waals surface area contributed by atoms with Gasteiger partial charge < -0.3 is 9.64 Å². The van der Waals surface area contributed by atoms with Crippen molar-refractivity contribution in [1.29, 1.82) is 0 Å². The van der Waals surface area contributed by atoms with Crippen LogP contribution in [0.2, 0.25) is 0 Å². The molecular weight excluding hydrogens is 338 g/mol. The van der Waals surface area contributed by atoms with E-state index in [4.69, 9.17) is 4.74 Å². The van der Waals surface area contributed by atoms with Crippen molar-refractivity contribution in [2.45, 2.75) is 18.9 Å². The van der Waals surface area contributed by atoms with Crippen LogP contribution >= 0.6 is 0 Å². The Morgan fingerprint density at radius 2 is 2.07 bits per heavy atom. The van der Waals surface area contributed by atoms with Gasteiger partial charge >= 0.3 is 0 Å². The first-order chi connectivity index (χ1) is 13.1. The zero-order valence-corrected chi connectivity index (χ0v) is 15.6. The Bertz CT molecular complexity index is 963. The highest BCUT2D eigenvalue weighted by atomic mass is 16.5. The summed E-state index contributed by atoms with van der Waals surface area (Å²) in [5.74, 6) is 1.06. The van der Waals surface area contributed by atoms with Crippen LogP contribution in [-0.4, -0.2) is 34.2 Å². The lowest BCUT2D eigenvalue weighted by Crippen LogP contribution is -2.39. The highest BCUT2D eigenvalue weighted by molar-refractivity contribution is 5.79. The summed E-state index contributed by atoms with van der Waals surface area (Å²) in [6.07, 6.45) is 4.31. The van der Waals surface area contributed by atoms with Gasteiger partial charge in [0, 0.05) is 32.3 Å². The van der Waals surface area contributed by atoms with Crippen LogP contribution < -0.4 is 4.74 Å². The van der Waals surface area contributed by atoms with E-state index in [0.29, 0.717) is 19.5 Å². The van der Waals surface area contributed by atoms with Gasteiger partial charge in [-0.25, -0.2) is 0 Å². The van der Waals surface area contributed by atoms with Gasteiger partial charge in [0.1, 0.15) is 5.75 Å². The van der Waals surface area contributed by atoms with Crippen molar-refractivity contribution < 1.29 is 9.53 Å². The van der Waals surface area contributed by atoms with Gasteiger partial charge in [0.25, 0.3) is 0 Å². The van der Waals surface area contributed by atoms with Crippen molar-refractivity contribution in [2.24, 2.45) is 7.05 Å². The molecule has 1 aromatic heterocycles. The maximum Gasteiger partial charge on any atom is 0.227 e. The number of rotatable bonds is 4. The number of nitrogens with zero attached hydrogens (tertiary/aromatic N) is 3. The van der Waals surface area contributed by atoms with E-state index in [0.717, 1.165) is 16.9 Å². The number of aryl methyl sites for hydroxylation is 1. The summed E-state index contributed by atoms with van der Waals surface area (Å²) in [5, 5.41) is 4.32. The van der Waals surface area contributed by atoms with Gasteiger partial charge in [0.15, 0.2) is 0 Å². The smallest absolute Gasteiger partial charge is 0.227 e. The second kappa shape index (κ2) is 7.27. The van der Waals surface area contributed by atoms with Crippen LogP contribution in [0.5, 0.6) is 5.75 Å². The minimum absolute atomic E-state index is 0.131. The van der Waals surface area contributed by atoms with Crippen LogP contribution in [0, 0.1) is 0 Å². The molecule has 5 nitrogen and oxygen atoms in total. The summed E-state index contributed by atoms with van der Waals surface area (Å²) in [7, 11) is 3.56. The van der Waals surface area contributed by atoms with E-state index in [9.17, 15) is 4.79 Å². The lowest BCUT2D eigenvalue weighted by molar-refractivity contribution is -0.131. The van der Waals surface area contributed by atoms with E-state index in [-0.39, 0.29) is 11.8 Å². The molecule has 1 amide bonds. The predicted octanol–water partition coefficient (Wildman–Crippen LogP) is 3.15. The summed E-state index contributed by atoms with van der Waals surface area (Å²) >= 11 is 0. The van der Waals surface area contributed by atoms with Crippen molar-refractivity contribution in [2.75, 3.05) is 13.7 Å². The Morgan fingerprint density at radius 1 is 1.22 bits per heavy atom. The average Bonchev–Trinajstić information content (AvgIpc) is 3.13. The summed E-state index contributed by atoms with van der Waals surface area (Å²) in [4.78, 5) is 15.0. The van der Waals surface area contributed by atoms with Crippen molar-refractivity contribution in [3.63, 3.8) is 0 Å². The van der Waals surface area contributed by atoms with Gasteiger partial charge in [0.2, 0.25) is 5.91 Å². The lowest BCUT2D eigenvalue weighted by atomic mass is 9.86. The van der Waals surface area contributed by atoms with Gasteiger partial charge in [0.05, 0.1) is 19.7 Å². The maximum atomic E-state index is 13.0. The minimum Gasteiger partial charge on any atom is -0.497 e. The van der Waals surface area contributed by atoms with Gasteiger partial charge in [-0.3, -0.25) is 9.48 Å². The minimum atomic E-state index is 0.131. The molecule has 1 aliphatic heterocycles. The molecule has 2 aromatic carbocycles. The van der Waals surface area contributed by atoms with E-state index in [2.05, 4.69) is 23.3 Å². The molecule has 2 heterocycles. The number of hydrogen-bond donors (Lipinski definition) is 0. The number of amides is 1. The van der Waals surface area contributed by atoms with Crippen molar-refractivity contribution >= 4 is 5.91 Å².